The third-order valence-electron chi connectivity index (χ3n) is 5.66. The first kappa shape index (κ1) is 21.1. The van der Waals surface area contributed by atoms with Crippen molar-refractivity contribution in [3.05, 3.63) is 29.6 Å². The fourth-order valence-corrected chi connectivity index (χ4v) is 3.81. The molecule has 0 radical (unpaired) electrons. The summed E-state index contributed by atoms with van der Waals surface area (Å²) in [5.74, 6) is 1.78. The summed E-state index contributed by atoms with van der Waals surface area (Å²) >= 11 is 0. The van der Waals surface area contributed by atoms with Gasteiger partial charge in [0.2, 0.25) is 5.91 Å². The molecule has 2 aromatic heterocycles. The highest BCUT2D eigenvalue weighted by molar-refractivity contribution is 5.94. The molecular weight excluding hydrogens is 366 g/mol. The number of anilines is 1. The Balaban J connectivity index is 1.86. The zero-order chi connectivity index (χ0) is 21.1. The van der Waals surface area contributed by atoms with Gasteiger partial charge in [0.1, 0.15) is 11.5 Å². The predicted octanol–water partition coefficient (Wildman–Crippen LogP) is 2.68. The normalized spacial score (nSPS) is 14.7. The number of fused-ring (bicyclic) bond motifs is 1. The molecule has 1 aliphatic rings. The van der Waals surface area contributed by atoms with Crippen LogP contribution < -0.4 is 4.90 Å². The highest BCUT2D eigenvalue weighted by atomic mass is 16.2. The first-order valence-corrected chi connectivity index (χ1v) is 10.6. The number of piperazine rings is 1. The molecule has 3 heterocycles. The van der Waals surface area contributed by atoms with Gasteiger partial charge in [0.25, 0.3) is 5.91 Å². The van der Waals surface area contributed by atoms with Gasteiger partial charge in [0.15, 0.2) is 0 Å². The SMILES string of the molecule is CCc1nc2ccc(C(=O)N3CCN(C(C)=O)CC3)cn2c1N(C)CCC(C)C. The monoisotopic (exact) mass is 399 g/mol. The molecule has 0 spiro atoms. The molecule has 7 heteroatoms. The van der Waals surface area contributed by atoms with Gasteiger partial charge in [-0.3, -0.25) is 14.0 Å². The zero-order valence-electron chi connectivity index (χ0n) is 18.3. The van der Waals surface area contributed by atoms with Crippen LogP contribution in [0.4, 0.5) is 5.82 Å². The van der Waals surface area contributed by atoms with Crippen molar-refractivity contribution in [2.24, 2.45) is 5.92 Å². The largest absolute Gasteiger partial charge is 0.359 e. The summed E-state index contributed by atoms with van der Waals surface area (Å²) in [5, 5.41) is 0. The van der Waals surface area contributed by atoms with E-state index < -0.39 is 0 Å². The Morgan fingerprint density at radius 2 is 1.79 bits per heavy atom. The second-order valence-corrected chi connectivity index (χ2v) is 8.28. The van der Waals surface area contributed by atoms with Crippen LogP contribution in [0.5, 0.6) is 0 Å². The minimum atomic E-state index is 0.0117. The van der Waals surface area contributed by atoms with Crippen molar-refractivity contribution < 1.29 is 9.59 Å². The highest BCUT2D eigenvalue weighted by Gasteiger charge is 2.24. The third kappa shape index (κ3) is 4.54. The number of amides is 2. The summed E-state index contributed by atoms with van der Waals surface area (Å²) < 4.78 is 2.05. The summed E-state index contributed by atoms with van der Waals surface area (Å²) in [7, 11) is 2.10. The molecule has 158 valence electrons. The predicted molar refractivity (Wildman–Crippen MR) is 115 cm³/mol. The van der Waals surface area contributed by atoms with E-state index in [1.54, 1.807) is 11.8 Å². The Bertz CT molecular complexity index is 881. The third-order valence-corrected chi connectivity index (χ3v) is 5.66. The van der Waals surface area contributed by atoms with E-state index in [1.807, 2.05) is 23.2 Å². The van der Waals surface area contributed by atoms with Gasteiger partial charge < -0.3 is 14.7 Å². The van der Waals surface area contributed by atoms with Crippen LogP contribution in [-0.4, -0.2) is 70.8 Å². The Kier molecular flexibility index (Phi) is 6.45. The molecule has 0 aromatic carbocycles. The van der Waals surface area contributed by atoms with Crippen molar-refractivity contribution >= 4 is 23.3 Å². The summed E-state index contributed by atoms with van der Waals surface area (Å²) in [5.41, 5.74) is 2.58. The van der Waals surface area contributed by atoms with E-state index in [0.717, 1.165) is 36.5 Å². The topological polar surface area (TPSA) is 61.2 Å². The number of aromatic nitrogens is 2. The van der Waals surface area contributed by atoms with Crippen LogP contribution in [0.1, 0.15) is 50.2 Å². The number of nitrogens with zero attached hydrogens (tertiary/aromatic N) is 5. The van der Waals surface area contributed by atoms with Crippen LogP contribution >= 0.6 is 0 Å². The number of aryl methyl sites for hydroxylation is 1. The first-order chi connectivity index (χ1) is 13.8. The smallest absolute Gasteiger partial charge is 0.255 e. The Hall–Kier alpha value is -2.57. The van der Waals surface area contributed by atoms with E-state index in [4.69, 9.17) is 4.98 Å². The van der Waals surface area contributed by atoms with Gasteiger partial charge >= 0.3 is 0 Å². The van der Waals surface area contributed by atoms with Crippen LogP contribution in [-0.2, 0) is 11.2 Å². The van der Waals surface area contributed by atoms with E-state index in [2.05, 4.69) is 37.1 Å². The van der Waals surface area contributed by atoms with E-state index >= 15 is 0 Å². The molecule has 0 unspecified atom stereocenters. The molecule has 2 amide bonds. The van der Waals surface area contributed by atoms with Crippen molar-refractivity contribution in [3.8, 4) is 0 Å². The molecule has 0 N–H and O–H groups in total. The minimum absolute atomic E-state index is 0.0117. The van der Waals surface area contributed by atoms with E-state index in [-0.39, 0.29) is 11.8 Å². The van der Waals surface area contributed by atoms with Crippen molar-refractivity contribution in [1.29, 1.82) is 0 Å². The average molecular weight is 400 g/mol. The molecular formula is C22H33N5O2. The molecule has 0 aliphatic carbocycles. The Morgan fingerprint density at radius 3 is 2.38 bits per heavy atom. The molecule has 0 saturated carbocycles. The number of carbonyl (C=O) groups is 2. The van der Waals surface area contributed by atoms with Crippen molar-refractivity contribution in [3.63, 3.8) is 0 Å². The standard InChI is InChI=1S/C22H33N5O2/c1-6-19-21(24(5)10-9-16(2)3)27-15-18(7-8-20(27)23-19)22(29)26-13-11-25(12-14-26)17(4)28/h7-8,15-16H,6,9-14H2,1-5H3. The minimum Gasteiger partial charge on any atom is -0.359 e. The van der Waals surface area contributed by atoms with Crippen molar-refractivity contribution in [2.75, 3.05) is 44.7 Å². The molecule has 0 bridgehead atoms. The lowest BCUT2D eigenvalue weighted by atomic mass is 10.1. The van der Waals surface area contributed by atoms with Crippen LogP contribution in [0.2, 0.25) is 0 Å². The number of hydrogen-bond acceptors (Lipinski definition) is 4. The van der Waals surface area contributed by atoms with Crippen LogP contribution in [0, 0.1) is 5.92 Å². The van der Waals surface area contributed by atoms with Crippen molar-refractivity contribution in [1.82, 2.24) is 19.2 Å². The molecule has 1 aliphatic heterocycles. The lowest BCUT2D eigenvalue weighted by Gasteiger charge is -2.34. The lowest BCUT2D eigenvalue weighted by Crippen LogP contribution is -2.50. The van der Waals surface area contributed by atoms with Crippen LogP contribution in [0.3, 0.4) is 0 Å². The Morgan fingerprint density at radius 1 is 1.14 bits per heavy atom. The van der Waals surface area contributed by atoms with Crippen molar-refractivity contribution in [2.45, 2.75) is 40.5 Å². The maximum atomic E-state index is 13.1. The maximum Gasteiger partial charge on any atom is 0.255 e. The fourth-order valence-electron chi connectivity index (χ4n) is 3.81. The summed E-state index contributed by atoms with van der Waals surface area (Å²) in [4.78, 5) is 35.2. The van der Waals surface area contributed by atoms with E-state index in [1.165, 1.54) is 0 Å². The fraction of sp³-hybridized carbons (Fsp3) is 0.591. The van der Waals surface area contributed by atoms with Crippen LogP contribution in [0.25, 0.3) is 5.65 Å². The summed E-state index contributed by atoms with van der Waals surface area (Å²) in [6, 6.07) is 3.79. The number of rotatable bonds is 6. The number of pyridine rings is 1. The molecule has 0 atom stereocenters. The summed E-state index contributed by atoms with van der Waals surface area (Å²) in [6.45, 7) is 11.4. The number of carbonyl (C=O) groups excluding carboxylic acids is 2. The second kappa shape index (κ2) is 8.84. The van der Waals surface area contributed by atoms with Crippen LogP contribution in [0.15, 0.2) is 18.3 Å². The Labute approximate surface area is 173 Å². The lowest BCUT2D eigenvalue weighted by molar-refractivity contribution is -0.130. The van der Waals surface area contributed by atoms with Gasteiger partial charge in [-0.05, 0) is 30.9 Å². The van der Waals surface area contributed by atoms with E-state index in [9.17, 15) is 9.59 Å². The van der Waals surface area contributed by atoms with Gasteiger partial charge in [0, 0.05) is 52.9 Å². The van der Waals surface area contributed by atoms with Gasteiger partial charge in [-0.15, -0.1) is 0 Å². The van der Waals surface area contributed by atoms with E-state index in [0.29, 0.717) is 37.7 Å². The quantitative estimate of drug-likeness (QED) is 0.749. The highest BCUT2D eigenvalue weighted by Crippen LogP contribution is 2.24. The van der Waals surface area contributed by atoms with Gasteiger partial charge in [-0.2, -0.15) is 0 Å². The average Bonchev–Trinajstić information content (AvgIpc) is 3.09. The molecule has 29 heavy (non-hydrogen) atoms. The first-order valence-electron chi connectivity index (χ1n) is 10.6. The van der Waals surface area contributed by atoms with Gasteiger partial charge in [0.05, 0.1) is 11.3 Å². The maximum absolute atomic E-state index is 13.1. The molecule has 2 aromatic rings. The zero-order valence-corrected chi connectivity index (χ0v) is 18.3. The summed E-state index contributed by atoms with van der Waals surface area (Å²) in [6.07, 6.45) is 3.87. The second-order valence-electron chi connectivity index (χ2n) is 8.28. The number of hydrogen-bond donors (Lipinski definition) is 0. The van der Waals surface area contributed by atoms with Gasteiger partial charge in [-0.25, -0.2) is 4.98 Å². The number of imidazole rings is 1. The van der Waals surface area contributed by atoms with Gasteiger partial charge in [-0.1, -0.05) is 20.8 Å². The molecule has 3 rings (SSSR count). The molecule has 1 saturated heterocycles. The molecule has 7 nitrogen and oxygen atoms in total. The molecule has 1 fully saturated rings.